The number of amides is 1. The first kappa shape index (κ1) is 19.5. The van der Waals surface area contributed by atoms with Crippen molar-refractivity contribution in [2.75, 3.05) is 13.1 Å². The highest BCUT2D eigenvalue weighted by Crippen LogP contribution is 2.22. The van der Waals surface area contributed by atoms with E-state index in [4.69, 9.17) is 4.74 Å². The van der Waals surface area contributed by atoms with Crippen molar-refractivity contribution in [3.8, 4) is 5.69 Å². The molecule has 1 fully saturated rings. The van der Waals surface area contributed by atoms with Crippen LogP contribution in [0.3, 0.4) is 0 Å². The Bertz CT molecular complexity index is 835. The average molecular weight is 370 g/mol. The average Bonchev–Trinajstić information content (AvgIpc) is 2.94. The molecular formula is C21H30N4O2. The van der Waals surface area contributed by atoms with E-state index in [0.29, 0.717) is 17.9 Å². The fraction of sp³-hybridized carbons (Fsp3) is 0.571. The largest absolute Gasteiger partial charge is 0.371 e. The second kappa shape index (κ2) is 7.43. The van der Waals surface area contributed by atoms with Crippen LogP contribution in [0, 0.1) is 20.8 Å². The molecule has 2 aromatic rings. The minimum Gasteiger partial charge on any atom is -0.371 e. The first-order valence-electron chi connectivity index (χ1n) is 9.63. The van der Waals surface area contributed by atoms with Crippen LogP contribution in [0.5, 0.6) is 0 Å². The standard InChI is InChI=1S/C21H30N4O2/c1-14-9-10-18(15(2)12-14)25-22-16(3)19(23-25)20(26)24-11-7-8-17(13-24)27-21(4,5)6/h9-10,12,17H,7-8,11,13H2,1-6H3. The molecule has 0 radical (unpaired) electrons. The summed E-state index contributed by atoms with van der Waals surface area (Å²) in [5, 5.41) is 9.01. The summed E-state index contributed by atoms with van der Waals surface area (Å²) in [6.45, 7) is 13.4. The van der Waals surface area contributed by atoms with Crippen molar-refractivity contribution in [2.24, 2.45) is 0 Å². The van der Waals surface area contributed by atoms with E-state index in [2.05, 4.69) is 23.2 Å². The lowest BCUT2D eigenvalue weighted by Crippen LogP contribution is -2.45. The molecule has 1 saturated heterocycles. The number of piperidine rings is 1. The van der Waals surface area contributed by atoms with Gasteiger partial charge in [-0.1, -0.05) is 17.7 Å². The van der Waals surface area contributed by atoms with E-state index in [1.165, 1.54) is 5.56 Å². The monoisotopic (exact) mass is 370 g/mol. The summed E-state index contributed by atoms with van der Waals surface area (Å²) in [7, 11) is 0. The van der Waals surface area contributed by atoms with Crippen LogP contribution in [-0.2, 0) is 4.74 Å². The molecule has 1 atom stereocenters. The van der Waals surface area contributed by atoms with Crippen LogP contribution in [-0.4, -0.2) is 50.6 Å². The van der Waals surface area contributed by atoms with E-state index in [9.17, 15) is 4.79 Å². The van der Waals surface area contributed by atoms with Gasteiger partial charge in [0.25, 0.3) is 5.91 Å². The summed E-state index contributed by atoms with van der Waals surface area (Å²) >= 11 is 0. The van der Waals surface area contributed by atoms with Crippen molar-refractivity contribution < 1.29 is 9.53 Å². The van der Waals surface area contributed by atoms with Gasteiger partial charge in [0.2, 0.25) is 0 Å². The predicted octanol–water partition coefficient (Wildman–Crippen LogP) is 3.61. The Hall–Kier alpha value is -2.21. The first-order chi connectivity index (χ1) is 12.6. The van der Waals surface area contributed by atoms with Crippen LogP contribution >= 0.6 is 0 Å². The SMILES string of the molecule is Cc1ccc(-n2nc(C)c(C(=O)N3CCCC(OC(C)(C)C)C3)n2)c(C)c1. The molecule has 0 aliphatic carbocycles. The smallest absolute Gasteiger partial charge is 0.276 e. The molecule has 6 nitrogen and oxygen atoms in total. The molecule has 6 heteroatoms. The molecule has 2 heterocycles. The number of nitrogens with zero attached hydrogens (tertiary/aromatic N) is 4. The Morgan fingerprint density at radius 3 is 2.59 bits per heavy atom. The predicted molar refractivity (Wildman–Crippen MR) is 105 cm³/mol. The van der Waals surface area contributed by atoms with Crippen LogP contribution in [0.4, 0.5) is 0 Å². The molecule has 0 N–H and O–H groups in total. The van der Waals surface area contributed by atoms with Crippen molar-refractivity contribution in [3.63, 3.8) is 0 Å². The van der Waals surface area contributed by atoms with Crippen molar-refractivity contribution >= 4 is 5.91 Å². The maximum atomic E-state index is 13.1. The number of hydrogen-bond donors (Lipinski definition) is 0. The molecule has 27 heavy (non-hydrogen) atoms. The molecule has 146 valence electrons. The second-order valence-electron chi connectivity index (χ2n) is 8.46. The van der Waals surface area contributed by atoms with Gasteiger partial charge in [0, 0.05) is 13.1 Å². The first-order valence-corrected chi connectivity index (χ1v) is 9.63. The topological polar surface area (TPSA) is 60.2 Å². The van der Waals surface area contributed by atoms with Crippen LogP contribution < -0.4 is 0 Å². The molecule has 1 aliphatic heterocycles. The zero-order valence-corrected chi connectivity index (χ0v) is 17.2. The summed E-state index contributed by atoms with van der Waals surface area (Å²) in [5.41, 5.74) is 4.04. The van der Waals surface area contributed by atoms with E-state index in [-0.39, 0.29) is 17.6 Å². The summed E-state index contributed by atoms with van der Waals surface area (Å²) in [5.74, 6) is -0.0641. The summed E-state index contributed by atoms with van der Waals surface area (Å²) in [6.07, 6.45) is 1.99. The number of carbonyl (C=O) groups excluding carboxylic acids is 1. The van der Waals surface area contributed by atoms with Gasteiger partial charge in [-0.3, -0.25) is 4.79 Å². The van der Waals surface area contributed by atoms with Gasteiger partial charge in [-0.2, -0.15) is 9.90 Å². The fourth-order valence-electron chi connectivity index (χ4n) is 3.58. The Morgan fingerprint density at radius 2 is 1.93 bits per heavy atom. The van der Waals surface area contributed by atoms with Gasteiger partial charge in [0.05, 0.1) is 23.1 Å². The van der Waals surface area contributed by atoms with Gasteiger partial charge in [0.1, 0.15) is 0 Å². The molecule has 1 aromatic heterocycles. The Kier molecular flexibility index (Phi) is 5.38. The molecule has 1 unspecified atom stereocenters. The number of hydrogen-bond acceptors (Lipinski definition) is 4. The molecule has 1 aromatic carbocycles. The number of aryl methyl sites for hydroxylation is 3. The van der Waals surface area contributed by atoms with Gasteiger partial charge in [0.15, 0.2) is 5.69 Å². The highest BCUT2D eigenvalue weighted by molar-refractivity contribution is 5.93. The van der Waals surface area contributed by atoms with Crippen molar-refractivity contribution in [1.82, 2.24) is 19.9 Å². The number of rotatable bonds is 3. The summed E-state index contributed by atoms with van der Waals surface area (Å²) < 4.78 is 6.09. The van der Waals surface area contributed by atoms with E-state index in [1.54, 1.807) is 4.80 Å². The van der Waals surface area contributed by atoms with E-state index < -0.39 is 0 Å². The van der Waals surface area contributed by atoms with Gasteiger partial charge in [-0.15, -0.1) is 5.10 Å². The third-order valence-electron chi connectivity index (χ3n) is 4.74. The Labute approximate surface area is 161 Å². The third kappa shape index (κ3) is 4.56. The number of benzene rings is 1. The molecular weight excluding hydrogens is 340 g/mol. The molecule has 0 spiro atoms. The highest BCUT2D eigenvalue weighted by Gasteiger charge is 2.30. The quantitative estimate of drug-likeness (QED) is 0.828. The maximum absolute atomic E-state index is 13.1. The number of likely N-dealkylation sites (tertiary alicyclic amines) is 1. The van der Waals surface area contributed by atoms with Gasteiger partial charge in [-0.25, -0.2) is 0 Å². The minimum atomic E-state index is -0.210. The molecule has 1 amide bonds. The van der Waals surface area contributed by atoms with Gasteiger partial charge < -0.3 is 9.64 Å². The lowest BCUT2D eigenvalue weighted by atomic mass is 10.1. The molecule has 3 rings (SSSR count). The van der Waals surface area contributed by atoms with Crippen molar-refractivity contribution in [1.29, 1.82) is 0 Å². The lowest BCUT2D eigenvalue weighted by Gasteiger charge is -2.36. The van der Waals surface area contributed by atoms with E-state index >= 15 is 0 Å². The van der Waals surface area contributed by atoms with Crippen molar-refractivity contribution in [2.45, 2.75) is 66.1 Å². The number of ether oxygens (including phenoxy) is 1. The summed E-state index contributed by atoms with van der Waals surface area (Å²) in [6, 6.07) is 6.11. The van der Waals surface area contributed by atoms with Gasteiger partial charge >= 0.3 is 0 Å². The maximum Gasteiger partial charge on any atom is 0.276 e. The van der Waals surface area contributed by atoms with E-state index in [0.717, 1.165) is 30.6 Å². The Balaban J connectivity index is 1.80. The zero-order valence-electron chi connectivity index (χ0n) is 17.2. The van der Waals surface area contributed by atoms with Crippen LogP contribution in [0.1, 0.15) is 60.9 Å². The molecule has 0 saturated carbocycles. The normalized spacial score (nSPS) is 18.0. The van der Waals surface area contributed by atoms with Gasteiger partial charge in [-0.05, 0) is 66.0 Å². The highest BCUT2D eigenvalue weighted by atomic mass is 16.5. The third-order valence-corrected chi connectivity index (χ3v) is 4.74. The van der Waals surface area contributed by atoms with E-state index in [1.807, 2.05) is 51.7 Å². The molecule has 0 bridgehead atoms. The lowest BCUT2D eigenvalue weighted by molar-refractivity contribution is -0.0819. The number of aromatic nitrogens is 3. The number of carbonyl (C=O) groups is 1. The Morgan fingerprint density at radius 1 is 1.19 bits per heavy atom. The molecule has 1 aliphatic rings. The minimum absolute atomic E-state index is 0.0641. The second-order valence-corrected chi connectivity index (χ2v) is 8.46. The van der Waals surface area contributed by atoms with Crippen LogP contribution in [0.15, 0.2) is 18.2 Å². The van der Waals surface area contributed by atoms with Crippen LogP contribution in [0.2, 0.25) is 0 Å². The van der Waals surface area contributed by atoms with Crippen molar-refractivity contribution in [3.05, 3.63) is 40.7 Å². The fourth-order valence-corrected chi connectivity index (χ4v) is 3.58. The van der Waals surface area contributed by atoms with Crippen LogP contribution in [0.25, 0.3) is 5.69 Å². The summed E-state index contributed by atoms with van der Waals surface area (Å²) in [4.78, 5) is 16.5. The zero-order chi connectivity index (χ0) is 19.8.